The average molecular weight is 395 g/mol. The van der Waals surface area contributed by atoms with Gasteiger partial charge >= 0.3 is 0 Å². The number of nitrogens with zero attached hydrogens (tertiary/aromatic N) is 2. The SMILES string of the molecule is O=C(Cc1ccc(NS(=O)(=O)c2cccc3cccnc23)cc1)N1CCCC1. The fourth-order valence-corrected chi connectivity index (χ4v) is 4.69. The number of aromatic nitrogens is 1. The van der Waals surface area contributed by atoms with Crippen molar-refractivity contribution in [1.82, 2.24) is 9.88 Å². The normalized spacial score (nSPS) is 14.4. The highest BCUT2D eigenvalue weighted by Gasteiger charge is 2.19. The summed E-state index contributed by atoms with van der Waals surface area (Å²) < 4.78 is 28.3. The highest BCUT2D eigenvalue weighted by atomic mass is 32.2. The lowest BCUT2D eigenvalue weighted by Crippen LogP contribution is -2.29. The lowest BCUT2D eigenvalue weighted by atomic mass is 10.1. The lowest BCUT2D eigenvalue weighted by molar-refractivity contribution is -0.129. The zero-order chi connectivity index (χ0) is 19.6. The van der Waals surface area contributed by atoms with Crippen LogP contribution in [0, 0.1) is 0 Å². The Bertz CT molecular complexity index is 1100. The van der Waals surface area contributed by atoms with Gasteiger partial charge in [0.25, 0.3) is 10.0 Å². The first-order chi connectivity index (χ1) is 13.5. The van der Waals surface area contributed by atoms with Crippen LogP contribution in [0.25, 0.3) is 10.9 Å². The molecule has 1 N–H and O–H groups in total. The Morgan fingerprint density at radius 2 is 1.71 bits per heavy atom. The molecule has 0 radical (unpaired) electrons. The van der Waals surface area contributed by atoms with E-state index in [1.165, 1.54) is 0 Å². The van der Waals surface area contributed by atoms with Crippen molar-refractivity contribution in [3.05, 3.63) is 66.4 Å². The van der Waals surface area contributed by atoms with Gasteiger partial charge in [0.2, 0.25) is 5.91 Å². The van der Waals surface area contributed by atoms with Gasteiger partial charge in [-0.2, -0.15) is 0 Å². The number of sulfonamides is 1. The third-order valence-electron chi connectivity index (χ3n) is 4.91. The van der Waals surface area contributed by atoms with Gasteiger partial charge in [-0.05, 0) is 42.7 Å². The molecule has 2 aromatic carbocycles. The number of hydrogen-bond acceptors (Lipinski definition) is 4. The predicted molar refractivity (Wildman–Crippen MR) is 109 cm³/mol. The lowest BCUT2D eigenvalue weighted by Gasteiger charge is -2.15. The number of para-hydroxylation sites is 1. The Balaban J connectivity index is 1.51. The van der Waals surface area contributed by atoms with Crippen molar-refractivity contribution in [3.63, 3.8) is 0 Å². The van der Waals surface area contributed by atoms with E-state index in [1.807, 2.05) is 17.0 Å². The van der Waals surface area contributed by atoms with Crippen LogP contribution in [-0.2, 0) is 21.2 Å². The van der Waals surface area contributed by atoms with Crippen molar-refractivity contribution in [2.75, 3.05) is 17.8 Å². The molecule has 6 nitrogen and oxygen atoms in total. The highest BCUT2D eigenvalue weighted by molar-refractivity contribution is 7.93. The first-order valence-electron chi connectivity index (χ1n) is 9.26. The van der Waals surface area contributed by atoms with Crippen molar-refractivity contribution in [2.24, 2.45) is 0 Å². The van der Waals surface area contributed by atoms with Gasteiger partial charge in [0.15, 0.2) is 0 Å². The van der Waals surface area contributed by atoms with Gasteiger partial charge < -0.3 is 4.90 Å². The summed E-state index contributed by atoms with van der Waals surface area (Å²) in [6, 6.07) is 15.6. The van der Waals surface area contributed by atoms with E-state index in [9.17, 15) is 13.2 Å². The van der Waals surface area contributed by atoms with Crippen LogP contribution >= 0.6 is 0 Å². The molecule has 0 aliphatic carbocycles. The quantitative estimate of drug-likeness (QED) is 0.719. The standard InChI is InChI=1S/C21H21N3O3S/c25-20(24-13-1-2-14-24)15-16-8-10-18(11-9-16)23-28(26,27)19-7-3-5-17-6-4-12-22-21(17)19/h3-12,23H,1-2,13-15H2. The van der Waals surface area contributed by atoms with Crippen molar-refractivity contribution < 1.29 is 13.2 Å². The molecule has 1 saturated heterocycles. The van der Waals surface area contributed by atoms with Crippen molar-refractivity contribution in [2.45, 2.75) is 24.2 Å². The maximum absolute atomic E-state index is 12.8. The summed E-state index contributed by atoms with van der Waals surface area (Å²) in [5.74, 6) is 0.118. The zero-order valence-corrected chi connectivity index (χ0v) is 16.2. The Morgan fingerprint density at radius 1 is 1.00 bits per heavy atom. The molecule has 0 spiro atoms. The second kappa shape index (κ2) is 7.59. The summed E-state index contributed by atoms with van der Waals surface area (Å²) >= 11 is 0. The van der Waals surface area contributed by atoms with E-state index >= 15 is 0 Å². The van der Waals surface area contributed by atoms with E-state index < -0.39 is 10.0 Å². The molecule has 7 heteroatoms. The molecule has 1 aliphatic heterocycles. The van der Waals surface area contributed by atoms with Crippen LogP contribution in [0.1, 0.15) is 18.4 Å². The smallest absolute Gasteiger partial charge is 0.264 e. The van der Waals surface area contributed by atoms with E-state index in [2.05, 4.69) is 9.71 Å². The number of nitrogens with one attached hydrogen (secondary N) is 1. The summed E-state index contributed by atoms with van der Waals surface area (Å²) in [4.78, 5) is 18.5. The molecular formula is C21H21N3O3S. The Hall–Kier alpha value is -2.93. The molecular weight excluding hydrogens is 374 g/mol. The number of rotatable bonds is 5. The second-order valence-electron chi connectivity index (χ2n) is 6.90. The van der Waals surface area contributed by atoms with Crippen LogP contribution in [0.2, 0.25) is 0 Å². The number of anilines is 1. The molecule has 1 aliphatic rings. The molecule has 4 rings (SSSR count). The van der Waals surface area contributed by atoms with E-state index in [4.69, 9.17) is 0 Å². The minimum Gasteiger partial charge on any atom is -0.342 e. The molecule has 2 heterocycles. The maximum Gasteiger partial charge on any atom is 0.264 e. The Labute approximate surface area is 164 Å². The topological polar surface area (TPSA) is 79.4 Å². The van der Waals surface area contributed by atoms with Crippen LogP contribution in [0.4, 0.5) is 5.69 Å². The molecule has 0 unspecified atom stereocenters. The molecule has 1 amide bonds. The Kier molecular flexibility index (Phi) is 5.00. The van der Waals surface area contributed by atoms with E-state index in [0.29, 0.717) is 17.6 Å². The molecule has 0 bridgehead atoms. The molecule has 144 valence electrons. The second-order valence-corrected chi connectivity index (χ2v) is 8.55. The largest absolute Gasteiger partial charge is 0.342 e. The van der Waals surface area contributed by atoms with Crippen LogP contribution < -0.4 is 4.72 Å². The minimum atomic E-state index is -3.78. The number of pyridine rings is 1. The van der Waals surface area contributed by atoms with Gasteiger partial charge in [0, 0.05) is 30.4 Å². The third kappa shape index (κ3) is 3.84. The van der Waals surface area contributed by atoms with E-state index in [1.54, 1.807) is 48.7 Å². The Morgan fingerprint density at radius 3 is 2.46 bits per heavy atom. The molecule has 3 aromatic rings. The fraction of sp³-hybridized carbons (Fsp3) is 0.238. The number of carbonyl (C=O) groups excluding carboxylic acids is 1. The maximum atomic E-state index is 12.8. The highest BCUT2D eigenvalue weighted by Crippen LogP contribution is 2.23. The van der Waals surface area contributed by atoms with Crippen LogP contribution in [0.5, 0.6) is 0 Å². The summed E-state index contributed by atoms with van der Waals surface area (Å²) in [6.07, 6.45) is 4.04. The average Bonchev–Trinajstić information content (AvgIpc) is 3.24. The van der Waals surface area contributed by atoms with Crippen molar-refractivity contribution in [3.8, 4) is 0 Å². The third-order valence-corrected chi connectivity index (χ3v) is 6.32. The number of likely N-dealkylation sites (tertiary alicyclic amines) is 1. The predicted octanol–water partition coefficient (Wildman–Crippen LogP) is 3.20. The van der Waals surface area contributed by atoms with Gasteiger partial charge in [0.1, 0.15) is 4.90 Å². The molecule has 1 fully saturated rings. The molecule has 28 heavy (non-hydrogen) atoms. The minimum absolute atomic E-state index is 0.118. The van der Waals surface area contributed by atoms with Gasteiger partial charge in [-0.3, -0.25) is 14.5 Å². The van der Waals surface area contributed by atoms with E-state index in [-0.39, 0.29) is 10.8 Å². The first kappa shape index (κ1) is 18.4. The van der Waals surface area contributed by atoms with Crippen molar-refractivity contribution in [1.29, 1.82) is 0 Å². The molecule has 0 saturated carbocycles. The van der Waals surface area contributed by atoms with Gasteiger partial charge in [0.05, 0.1) is 11.9 Å². The zero-order valence-electron chi connectivity index (χ0n) is 15.3. The summed E-state index contributed by atoms with van der Waals surface area (Å²) in [6.45, 7) is 1.66. The fourth-order valence-electron chi connectivity index (χ4n) is 3.45. The van der Waals surface area contributed by atoms with Gasteiger partial charge in [-0.15, -0.1) is 0 Å². The summed E-state index contributed by atoms with van der Waals surface area (Å²) in [7, 11) is -3.78. The van der Waals surface area contributed by atoms with Gasteiger partial charge in [-0.25, -0.2) is 8.42 Å². The summed E-state index contributed by atoms with van der Waals surface area (Å²) in [5.41, 5.74) is 1.75. The number of benzene rings is 2. The number of hydrogen-bond donors (Lipinski definition) is 1. The van der Waals surface area contributed by atoms with Gasteiger partial charge in [-0.1, -0.05) is 30.3 Å². The monoisotopic (exact) mass is 395 g/mol. The van der Waals surface area contributed by atoms with Crippen LogP contribution in [0.3, 0.4) is 0 Å². The summed E-state index contributed by atoms with van der Waals surface area (Å²) in [5, 5.41) is 0.765. The molecule has 0 atom stereocenters. The number of fused-ring (bicyclic) bond motifs is 1. The number of carbonyl (C=O) groups is 1. The molecule has 1 aromatic heterocycles. The number of amides is 1. The van der Waals surface area contributed by atoms with Crippen LogP contribution in [0.15, 0.2) is 65.7 Å². The van der Waals surface area contributed by atoms with Crippen LogP contribution in [-0.4, -0.2) is 37.3 Å². The van der Waals surface area contributed by atoms with E-state index in [0.717, 1.165) is 36.9 Å². The first-order valence-corrected chi connectivity index (χ1v) is 10.7. The van der Waals surface area contributed by atoms with Crippen molar-refractivity contribution >= 4 is 32.5 Å².